The van der Waals surface area contributed by atoms with Crippen LogP contribution in [0, 0.1) is 5.41 Å². The van der Waals surface area contributed by atoms with Gasteiger partial charge in [-0.1, -0.05) is 15.9 Å². The summed E-state index contributed by atoms with van der Waals surface area (Å²) in [4.78, 5) is 6.80. The van der Waals surface area contributed by atoms with Gasteiger partial charge in [-0.3, -0.25) is 9.98 Å². The summed E-state index contributed by atoms with van der Waals surface area (Å²) in [5.74, 6) is 0.636. The minimum atomic E-state index is 0.186. The molecule has 0 radical (unpaired) electrons. The lowest BCUT2D eigenvalue weighted by Crippen LogP contribution is -2.24. The molecular formula is C16H15BrN4S. The number of hydrogen-bond donors (Lipinski definition) is 2. The molecule has 2 heterocycles. The van der Waals surface area contributed by atoms with E-state index in [1.807, 2.05) is 24.3 Å². The van der Waals surface area contributed by atoms with Gasteiger partial charge >= 0.3 is 0 Å². The fourth-order valence-electron chi connectivity index (χ4n) is 3.12. The molecule has 0 saturated heterocycles. The molecule has 2 aromatic heterocycles. The van der Waals surface area contributed by atoms with Crippen molar-refractivity contribution in [3.05, 3.63) is 44.8 Å². The zero-order valence-electron chi connectivity index (χ0n) is 11.9. The highest BCUT2D eigenvalue weighted by molar-refractivity contribution is 9.10. The van der Waals surface area contributed by atoms with E-state index in [2.05, 4.69) is 20.9 Å². The van der Waals surface area contributed by atoms with E-state index in [1.54, 1.807) is 15.9 Å². The Morgan fingerprint density at radius 1 is 1.18 bits per heavy atom. The number of rotatable bonds is 1. The summed E-state index contributed by atoms with van der Waals surface area (Å²) in [6, 6.07) is 7.80. The van der Waals surface area contributed by atoms with Crippen molar-refractivity contribution in [3.8, 4) is 5.69 Å². The molecule has 0 amide bonds. The molecule has 1 aromatic carbocycles. The highest BCUT2D eigenvalue weighted by Gasteiger charge is 2.21. The second-order valence-corrected chi connectivity index (χ2v) is 7.52. The van der Waals surface area contributed by atoms with Crippen molar-refractivity contribution < 1.29 is 0 Å². The van der Waals surface area contributed by atoms with Crippen LogP contribution in [0.15, 0.2) is 28.7 Å². The molecule has 112 valence electrons. The van der Waals surface area contributed by atoms with Gasteiger partial charge in [-0.15, -0.1) is 11.3 Å². The van der Waals surface area contributed by atoms with E-state index in [0.29, 0.717) is 5.82 Å². The molecule has 4 rings (SSSR count). The van der Waals surface area contributed by atoms with Crippen molar-refractivity contribution in [3.63, 3.8) is 0 Å². The zero-order chi connectivity index (χ0) is 15.3. The topological polar surface area (TPSA) is 67.7 Å². The lowest BCUT2D eigenvalue weighted by atomic mass is 9.97. The number of benzene rings is 1. The largest absolute Gasteiger partial charge is 0.384 e. The minimum Gasteiger partial charge on any atom is -0.384 e. The van der Waals surface area contributed by atoms with Crippen LogP contribution in [0.2, 0.25) is 0 Å². The molecule has 0 unspecified atom stereocenters. The number of nitrogen functional groups attached to an aromatic ring is 1. The number of nitrogens with two attached hydrogens (primary N) is 1. The van der Waals surface area contributed by atoms with Crippen LogP contribution in [0.5, 0.6) is 0 Å². The van der Waals surface area contributed by atoms with Crippen LogP contribution < -0.4 is 11.4 Å². The quantitative estimate of drug-likeness (QED) is 0.680. The number of fused-ring (bicyclic) bond motifs is 3. The standard InChI is InChI=1S/C16H15BrN4S/c17-9-5-7-10(8-6-9)21-14(18)13-11-3-1-2-4-12(11)22-15(13)20-16(21)19/h5-8,19H,1-4,18H2. The first-order chi connectivity index (χ1) is 10.6. The van der Waals surface area contributed by atoms with E-state index in [0.717, 1.165) is 33.2 Å². The molecule has 1 aliphatic carbocycles. The molecular weight excluding hydrogens is 360 g/mol. The Labute approximate surface area is 140 Å². The smallest absolute Gasteiger partial charge is 0.229 e. The average Bonchev–Trinajstić information content (AvgIpc) is 2.87. The number of thiophene rings is 1. The maximum atomic E-state index is 8.26. The van der Waals surface area contributed by atoms with E-state index < -0.39 is 0 Å². The molecule has 0 spiro atoms. The second kappa shape index (κ2) is 5.21. The molecule has 6 heteroatoms. The first-order valence-electron chi connectivity index (χ1n) is 7.28. The molecule has 22 heavy (non-hydrogen) atoms. The zero-order valence-corrected chi connectivity index (χ0v) is 14.3. The molecule has 0 aliphatic heterocycles. The lowest BCUT2D eigenvalue weighted by molar-refractivity contribution is 0.700. The van der Waals surface area contributed by atoms with Crippen LogP contribution in [0.4, 0.5) is 5.82 Å². The molecule has 1 aliphatic rings. The molecule has 4 nitrogen and oxygen atoms in total. The first-order valence-corrected chi connectivity index (χ1v) is 8.89. The number of aryl methyl sites for hydroxylation is 2. The van der Waals surface area contributed by atoms with Gasteiger partial charge < -0.3 is 5.73 Å². The van der Waals surface area contributed by atoms with Crippen molar-refractivity contribution in [1.82, 2.24) is 9.55 Å². The first kappa shape index (κ1) is 14.0. The van der Waals surface area contributed by atoms with Gasteiger partial charge in [0.2, 0.25) is 5.62 Å². The summed E-state index contributed by atoms with van der Waals surface area (Å²) in [6.07, 6.45) is 4.62. The Morgan fingerprint density at radius 2 is 1.91 bits per heavy atom. The fourth-order valence-corrected chi connectivity index (χ4v) is 4.65. The monoisotopic (exact) mass is 374 g/mol. The molecule has 0 atom stereocenters. The summed E-state index contributed by atoms with van der Waals surface area (Å²) in [5.41, 5.74) is 8.86. The van der Waals surface area contributed by atoms with Gasteiger partial charge in [0.15, 0.2) is 0 Å². The Bertz CT molecular complexity index is 924. The number of halogens is 1. The third-order valence-electron chi connectivity index (χ3n) is 4.15. The van der Waals surface area contributed by atoms with Crippen molar-refractivity contribution in [1.29, 1.82) is 5.41 Å². The van der Waals surface area contributed by atoms with E-state index >= 15 is 0 Å². The number of anilines is 1. The number of nitrogens with zero attached hydrogens (tertiary/aromatic N) is 2. The fraction of sp³-hybridized carbons (Fsp3) is 0.250. The Morgan fingerprint density at radius 3 is 2.68 bits per heavy atom. The van der Waals surface area contributed by atoms with Crippen LogP contribution in [0.1, 0.15) is 23.3 Å². The summed E-state index contributed by atoms with van der Waals surface area (Å²) in [7, 11) is 0. The van der Waals surface area contributed by atoms with Gasteiger partial charge in [-0.2, -0.15) is 0 Å². The van der Waals surface area contributed by atoms with Crippen molar-refractivity contribution >= 4 is 43.3 Å². The van der Waals surface area contributed by atoms with E-state index in [9.17, 15) is 0 Å². The van der Waals surface area contributed by atoms with Crippen LogP contribution >= 0.6 is 27.3 Å². The van der Waals surface area contributed by atoms with Gasteiger partial charge in [-0.05, 0) is 55.5 Å². The van der Waals surface area contributed by atoms with Crippen LogP contribution in [-0.4, -0.2) is 9.55 Å². The summed E-state index contributed by atoms with van der Waals surface area (Å²) in [5, 5.41) is 9.32. The summed E-state index contributed by atoms with van der Waals surface area (Å²) >= 11 is 5.14. The number of hydrogen-bond acceptors (Lipinski definition) is 4. The van der Waals surface area contributed by atoms with Crippen LogP contribution in [0.25, 0.3) is 15.9 Å². The van der Waals surface area contributed by atoms with Gasteiger partial charge in [0.1, 0.15) is 10.6 Å². The normalized spacial score (nSPS) is 14.2. The van der Waals surface area contributed by atoms with E-state index in [1.165, 1.54) is 23.3 Å². The predicted molar refractivity (Wildman–Crippen MR) is 93.6 cm³/mol. The average molecular weight is 375 g/mol. The van der Waals surface area contributed by atoms with Gasteiger partial charge in [-0.25, -0.2) is 4.98 Å². The third kappa shape index (κ3) is 2.09. The molecule has 0 bridgehead atoms. The minimum absolute atomic E-state index is 0.186. The predicted octanol–water partition coefficient (Wildman–Crippen LogP) is 3.79. The maximum absolute atomic E-state index is 8.26. The SMILES string of the molecule is N=c1nc2sc3c(c2c(N)n1-c1ccc(Br)cc1)CCCC3. The Hall–Kier alpha value is -1.66. The molecule has 0 fully saturated rings. The molecule has 0 saturated carbocycles. The lowest BCUT2D eigenvalue weighted by Gasteiger charge is -2.14. The maximum Gasteiger partial charge on any atom is 0.229 e. The van der Waals surface area contributed by atoms with Crippen molar-refractivity contribution in [2.75, 3.05) is 5.73 Å². The highest BCUT2D eigenvalue weighted by atomic mass is 79.9. The Kier molecular flexibility index (Phi) is 3.31. The van der Waals surface area contributed by atoms with Gasteiger partial charge in [0.25, 0.3) is 0 Å². The summed E-state index contributed by atoms with van der Waals surface area (Å²) < 4.78 is 2.74. The van der Waals surface area contributed by atoms with Crippen molar-refractivity contribution in [2.45, 2.75) is 25.7 Å². The molecule has 3 N–H and O–H groups in total. The Balaban J connectivity index is 2.03. The molecule has 3 aromatic rings. The van der Waals surface area contributed by atoms with E-state index in [-0.39, 0.29) is 5.62 Å². The van der Waals surface area contributed by atoms with Crippen molar-refractivity contribution in [2.24, 2.45) is 0 Å². The van der Waals surface area contributed by atoms with Gasteiger partial charge in [0, 0.05) is 9.35 Å². The number of nitrogens with one attached hydrogen (secondary N) is 1. The summed E-state index contributed by atoms with van der Waals surface area (Å²) in [6.45, 7) is 0. The van der Waals surface area contributed by atoms with Crippen LogP contribution in [0.3, 0.4) is 0 Å². The highest BCUT2D eigenvalue weighted by Crippen LogP contribution is 2.37. The van der Waals surface area contributed by atoms with Gasteiger partial charge in [0.05, 0.1) is 11.1 Å². The van der Waals surface area contributed by atoms with E-state index in [4.69, 9.17) is 11.1 Å². The van der Waals surface area contributed by atoms with Crippen LogP contribution in [-0.2, 0) is 12.8 Å². The number of aromatic nitrogens is 2. The second-order valence-electron chi connectivity index (χ2n) is 5.52. The third-order valence-corrected chi connectivity index (χ3v) is 5.87.